The largest absolute Gasteiger partial charge is 0.354 e. The first-order valence-electron chi connectivity index (χ1n) is 7.84. The molecular weight excluding hydrogens is 292 g/mol. The van der Waals surface area contributed by atoms with Crippen molar-refractivity contribution < 1.29 is 4.79 Å². The van der Waals surface area contributed by atoms with Crippen molar-refractivity contribution in [2.24, 2.45) is 0 Å². The Hall–Kier alpha value is -2.37. The number of aromatic nitrogens is 3. The van der Waals surface area contributed by atoms with E-state index in [0.29, 0.717) is 13.1 Å². The van der Waals surface area contributed by atoms with E-state index in [1.165, 1.54) is 6.07 Å². The van der Waals surface area contributed by atoms with E-state index in [1.54, 1.807) is 10.6 Å². The fourth-order valence-corrected chi connectivity index (χ4v) is 2.65. The van der Waals surface area contributed by atoms with E-state index in [1.807, 2.05) is 44.5 Å². The van der Waals surface area contributed by atoms with Gasteiger partial charge in [-0.1, -0.05) is 6.07 Å². The molecule has 2 aromatic rings. The molecule has 1 amide bonds. The van der Waals surface area contributed by atoms with Crippen molar-refractivity contribution in [1.82, 2.24) is 19.7 Å². The van der Waals surface area contributed by atoms with Gasteiger partial charge in [0.1, 0.15) is 0 Å². The van der Waals surface area contributed by atoms with Crippen LogP contribution in [0, 0.1) is 20.8 Å². The molecule has 0 aliphatic heterocycles. The van der Waals surface area contributed by atoms with Gasteiger partial charge in [-0.15, -0.1) is 0 Å². The summed E-state index contributed by atoms with van der Waals surface area (Å²) in [7, 11) is 0. The van der Waals surface area contributed by atoms with Crippen LogP contribution in [-0.2, 0) is 11.3 Å². The first-order chi connectivity index (χ1) is 10.9. The lowest BCUT2D eigenvalue weighted by molar-refractivity contribution is -0.121. The summed E-state index contributed by atoms with van der Waals surface area (Å²) in [5.74, 6) is -0.0615. The van der Waals surface area contributed by atoms with Gasteiger partial charge in [-0.25, -0.2) is 0 Å². The van der Waals surface area contributed by atoms with Crippen LogP contribution in [0.2, 0.25) is 0 Å². The second-order valence-corrected chi connectivity index (χ2v) is 5.93. The number of pyridine rings is 1. The summed E-state index contributed by atoms with van der Waals surface area (Å²) in [4.78, 5) is 23.8. The highest BCUT2D eigenvalue weighted by atomic mass is 16.1. The molecule has 0 aliphatic carbocycles. The van der Waals surface area contributed by atoms with Gasteiger partial charge in [-0.05, 0) is 39.8 Å². The maximum Gasteiger partial charge on any atom is 0.250 e. The third-order valence-corrected chi connectivity index (χ3v) is 3.89. The molecule has 124 valence electrons. The highest BCUT2D eigenvalue weighted by molar-refractivity contribution is 5.75. The molecule has 6 nitrogen and oxygen atoms in total. The Morgan fingerprint density at radius 3 is 2.61 bits per heavy atom. The molecule has 2 rings (SSSR count). The van der Waals surface area contributed by atoms with E-state index in [0.717, 1.165) is 17.1 Å². The standard InChI is InChI=1S/C17H24N4O2/c1-12-10-14(3)21(19-12)15(4)11-18-16(22)8-9-20-13(2)6-5-7-17(20)23/h5-7,10,15H,8-9,11H2,1-4H3,(H,18,22)/t15-/m0/s1. The van der Waals surface area contributed by atoms with Crippen molar-refractivity contribution in [3.8, 4) is 0 Å². The van der Waals surface area contributed by atoms with Crippen LogP contribution >= 0.6 is 0 Å². The monoisotopic (exact) mass is 316 g/mol. The van der Waals surface area contributed by atoms with E-state index in [4.69, 9.17) is 0 Å². The van der Waals surface area contributed by atoms with Crippen molar-refractivity contribution >= 4 is 5.91 Å². The molecule has 0 aliphatic rings. The highest BCUT2D eigenvalue weighted by Gasteiger charge is 2.11. The number of nitrogens with one attached hydrogen (secondary N) is 1. The molecule has 0 aromatic carbocycles. The number of aryl methyl sites for hydroxylation is 3. The molecule has 0 radical (unpaired) electrons. The zero-order chi connectivity index (χ0) is 17.0. The first-order valence-corrected chi connectivity index (χ1v) is 7.84. The van der Waals surface area contributed by atoms with Gasteiger partial charge in [0.25, 0.3) is 5.56 Å². The second kappa shape index (κ2) is 7.26. The quantitative estimate of drug-likeness (QED) is 0.882. The summed E-state index contributed by atoms with van der Waals surface area (Å²) in [6, 6.07) is 7.21. The van der Waals surface area contributed by atoms with Gasteiger partial charge in [-0.2, -0.15) is 5.10 Å². The van der Waals surface area contributed by atoms with Gasteiger partial charge < -0.3 is 9.88 Å². The summed E-state index contributed by atoms with van der Waals surface area (Å²) < 4.78 is 3.53. The van der Waals surface area contributed by atoms with Crippen molar-refractivity contribution in [1.29, 1.82) is 0 Å². The van der Waals surface area contributed by atoms with Gasteiger partial charge in [-0.3, -0.25) is 14.3 Å². The molecule has 0 saturated carbocycles. The summed E-state index contributed by atoms with van der Waals surface area (Å²) in [5.41, 5.74) is 2.84. The molecule has 0 saturated heterocycles. The van der Waals surface area contributed by atoms with Crippen LogP contribution in [0.15, 0.2) is 29.1 Å². The summed E-state index contributed by atoms with van der Waals surface area (Å²) >= 11 is 0. The maximum atomic E-state index is 12.0. The van der Waals surface area contributed by atoms with E-state index < -0.39 is 0 Å². The van der Waals surface area contributed by atoms with Gasteiger partial charge >= 0.3 is 0 Å². The normalized spacial score (nSPS) is 12.2. The van der Waals surface area contributed by atoms with Crippen LogP contribution in [-0.4, -0.2) is 26.8 Å². The smallest absolute Gasteiger partial charge is 0.250 e. The summed E-state index contributed by atoms with van der Waals surface area (Å²) in [6.07, 6.45) is 0.286. The molecule has 6 heteroatoms. The lowest BCUT2D eigenvalue weighted by Crippen LogP contribution is -2.32. The predicted molar refractivity (Wildman–Crippen MR) is 89.5 cm³/mol. The van der Waals surface area contributed by atoms with Gasteiger partial charge in [0.15, 0.2) is 0 Å². The first kappa shape index (κ1) is 17.0. The Bertz CT molecular complexity index is 745. The molecule has 1 atom stereocenters. The van der Waals surface area contributed by atoms with Crippen LogP contribution in [0.25, 0.3) is 0 Å². The molecule has 0 unspecified atom stereocenters. The Kier molecular flexibility index (Phi) is 5.36. The molecule has 1 N–H and O–H groups in total. The third-order valence-electron chi connectivity index (χ3n) is 3.89. The second-order valence-electron chi connectivity index (χ2n) is 5.93. The zero-order valence-corrected chi connectivity index (χ0v) is 14.2. The zero-order valence-electron chi connectivity index (χ0n) is 14.2. The number of rotatable bonds is 6. The number of nitrogens with zero attached hydrogens (tertiary/aromatic N) is 3. The predicted octanol–water partition coefficient (Wildman–Crippen LogP) is 1.74. The SMILES string of the molecule is Cc1cc(C)n([C@@H](C)CNC(=O)CCn2c(C)cccc2=O)n1. The van der Waals surface area contributed by atoms with E-state index in [9.17, 15) is 9.59 Å². The lowest BCUT2D eigenvalue weighted by Gasteiger charge is -2.15. The van der Waals surface area contributed by atoms with Crippen molar-refractivity contribution in [3.05, 3.63) is 51.7 Å². The van der Waals surface area contributed by atoms with Gasteiger partial charge in [0.05, 0.1) is 11.7 Å². The summed E-state index contributed by atoms with van der Waals surface area (Å²) in [5, 5.41) is 7.34. The lowest BCUT2D eigenvalue weighted by atomic mass is 10.3. The molecule has 0 fully saturated rings. The van der Waals surface area contributed by atoms with Gasteiger partial charge in [0, 0.05) is 37.0 Å². The Labute approximate surface area is 136 Å². The minimum Gasteiger partial charge on any atom is -0.354 e. The van der Waals surface area contributed by atoms with E-state index >= 15 is 0 Å². The Morgan fingerprint density at radius 2 is 2.00 bits per heavy atom. The van der Waals surface area contributed by atoms with E-state index in [2.05, 4.69) is 10.4 Å². The number of hydrogen-bond acceptors (Lipinski definition) is 3. The number of carbonyl (C=O) groups excluding carboxylic acids is 1. The molecule has 2 heterocycles. The maximum absolute atomic E-state index is 12.0. The third kappa shape index (κ3) is 4.31. The topological polar surface area (TPSA) is 68.9 Å². The fourth-order valence-electron chi connectivity index (χ4n) is 2.65. The fraction of sp³-hybridized carbons (Fsp3) is 0.471. The van der Waals surface area contributed by atoms with Crippen molar-refractivity contribution in [2.45, 2.75) is 46.7 Å². The minimum atomic E-state index is -0.0752. The Balaban J connectivity index is 1.86. The van der Waals surface area contributed by atoms with Crippen LogP contribution < -0.4 is 10.9 Å². The van der Waals surface area contributed by atoms with Crippen LogP contribution in [0.5, 0.6) is 0 Å². The van der Waals surface area contributed by atoms with E-state index in [-0.39, 0.29) is 23.9 Å². The van der Waals surface area contributed by atoms with Crippen molar-refractivity contribution in [3.63, 3.8) is 0 Å². The number of hydrogen-bond donors (Lipinski definition) is 1. The molecule has 0 spiro atoms. The van der Waals surface area contributed by atoms with Crippen LogP contribution in [0.3, 0.4) is 0 Å². The molecule has 2 aromatic heterocycles. The highest BCUT2D eigenvalue weighted by Crippen LogP contribution is 2.09. The summed E-state index contributed by atoms with van der Waals surface area (Å²) in [6.45, 7) is 8.75. The van der Waals surface area contributed by atoms with Crippen LogP contribution in [0.4, 0.5) is 0 Å². The molecule has 23 heavy (non-hydrogen) atoms. The number of carbonyl (C=O) groups is 1. The van der Waals surface area contributed by atoms with Crippen molar-refractivity contribution in [2.75, 3.05) is 6.54 Å². The average molecular weight is 316 g/mol. The Morgan fingerprint density at radius 1 is 1.26 bits per heavy atom. The molecular formula is C17H24N4O2. The van der Waals surface area contributed by atoms with Gasteiger partial charge in [0.2, 0.25) is 5.91 Å². The van der Waals surface area contributed by atoms with Crippen LogP contribution in [0.1, 0.15) is 36.5 Å². The molecule has 0 bridgehead atoms. The minimum absolute atomic E-state index is 0.0615. The average Bonchev–Trinajstić information content (AvgIpc) is 2.83. The number of amides is 1.